The van der Waals surface area contributed by atoms with Crippen molar-refractivity contribution in [2.45, 2.75) is 19.3 Å². The Morgan fingerprint density at radius 1 is 1.50 bits per heavy atom. The number of rotatable bonds is 4. The second-order valence-corrected chi connectivity index (χ2v) is 4.56. The van der Waals surface area contributed by atoms with E-state index in [4.69, 9.17) is 10.5 Å². The van der Waals surface area contributed by atoms with Gasteiger partial charge in [-0.3, -0.25) is 9.78 Å². The van der Waals surface area contributed by atoms with Crippen LogP contribution in [0.15, 0.2) is 18.5 Å². The average Bonchev–Trinajstić information content (AvgIpc) is 2.40. The van der Waals surface area contributed by atoms with Gasteiger partial charge in [-0.1, -0.05) is 0 Å². The quantitative estimate of drug-likeness (QED) is 0.840. The van der Waals surface area contributed by atoms with Crippen molar-refractivity contribution in [3.63, 3.8) is 0 Å². The number of ether oxygens (including phenoxy) is 1. The monoisotopic (exact) mass is 249 g/mol. The Bertz CT molecular complexity index is 403. The Hall–Kier alpha value is -1.62. The molecule has 2 rings (SSSR count). The van der Waals surface area contributed by atoms with Crippen LogP contribution in [-0.2, 0) is 4.74 Å². The summed E-state index contributed by atoms with van der Waals surface area (Å²) in [6.45, 7) is 2.36. The Labute approximate surface area is 107 Å². The molecule has 0 saturated carbocycles. The minimum Gasteiger partial charge on any atom is -0.398 e. The lowest BCUT2D eigenvalue weighted by Crippen LogP contribution is -2.28. The number of anilines is 1. The van der Waals surface area contributed by atoms with Gasteiger partial charge in [0.1, 0.15) is 0 Å². The first kappa shape index (κ1) is 12.8. The number of pyridine rings is 1. The van der Waals surface area contributed by atoms with Crippen LogP contribution < -0.4 is 11.1 Å². The van der Waals surface area contributed by atoms with Gasteiger partial charge in [-0.15, -0.1) is 0 Å². The van der Waals surface area contributed by atoms with E-state index in [-0.39, 0.29) is 5.91 Å². The molecule has 1 aromatic heterocycles. The molecule has 3 N–H and O–H groups in total. The number of aromatic nitrogens is 1. The molecule has 0 spiro atoms. The second-order valence-electron chi connectivity index (χ2n) is 4.56. The lowest BCUT2D eigenvalue weighted by atomic mass is 9.97. The molecule has 1 fully saturated rings. The number of nitrogen functional groups attached to an aromatic ring is 1. The standard InChI is InChI=1S/C13H19N3O2/c14-12-2-5-15-9-11(12)13(17)16-6-1-10-3-7-18-8-4-10/h2,5,9-10H,1,3-4,6-8H2,(H2,14,15)(H,16,17). The predicted molar refractivity (Wildman–Crippen MR) is 69.1 cm³/mol. The number of nitrogens with two attached hydrogens (primary N) is 1. The first-order valence-electron chi connectivity index (χ1n) is 6.33. The third-order valence-electron chi connectivity index (χ3n) is 3.28. The topological polar surface area (TPSA) is 77.2 Å². The molecule has 1 aliphatic rings. The summed E-state index contributed by atoms with van der Waals surface area (Å²) < 4.78 is 5.30. The van der Waals surface area contributed by atoms with E-state index in [1.54, 1.807) is 12.3 Å². The number of carbonyl (C=O) groups excluding carboxylic acids is 1. The fourth-order valence-corrected chi connectivity index (χ4v) is 2.12. The lowest BCUT2D eigenvalue weighted by Gasteiger charge is -2.21. The number of amides is 1. The van der Waals surface area contributed by atoms with Crippen molar-refractivity contribution in [2.75, 3.05) is 25.5 Å². The molecule has 98 valence electrons. The van der Waals surface area contributed by atoms with Crippen LogP contribution in [0, 0.1) is 5.92 Å². The van der Waals surface area contributed by atoms with Crippen LogP contribution in [0.2, 0.25) is 0 Å². The molecule has 0 bridgehead atoms. The maximum Gasteiger partial charge on any atom is 0.254 e. The van der Waals surface area contributed by atoms with Gasteiger partial charge in [-0.2, -0.15) is 0 Å². The fraction of sp³-hybridized carbons (Fsp3) is 0.538. The van der Waals surface area contributed by atoms with Gasteiger partial charge in [0.2, 0.25) is 0 Å². The molecule has 0 unspecified atom stereocenters. The summed E-state index contributed by atoms with van der Waals surface area (Å²) in [6.07, 6.45) is 6.25. The summed E-state index contributed by atoms with van der Waals surface area (Å²) >= 11 is 0. The zero-order valence-electron chi connectivity index (χ0n) is 10.4. The molecule has 18 heavy (non-hydrogen) atoms. The third-order valence-corrected chi connectivity index (χ3v) is 3.28. The average molecular weight is 249 g/mol. The number of carbonyl (C=O) groups is 1. The van der Waals surface area contributed by atoms with Crippen molar-refractivity contribution in [2.24, 2.45) is 5.92 Å². The number of hydrogen-bond donors (Lipinski definition) is 2. The summed E-state index contributed by atoms with van der Waals surface area (Å²) in [5.74, 6) is 0.512. The largest absolute Gasteiger partial charge is 0.398 e. The first-order chi connectivity index (χ1) is 8.77. The molecule has 0 aliphatic carbocycles. The molecule has 1 amide bonds. The van der Waals surface area contributed by atoms with Gasteiger partial charge in [0.15, 0.2) is 0 Å². The fourth-order valence-electron chi connectivity index (χ4n) is 2.12. The summed E-state index contributed by atoms with van der Waals surface area (Å²) in [4.78, 5) is 15.8. The zero-order valence-corrected chi connectivity index (χ0v) is 10.4. The third kappa shape index (κ3) is 3.43. The van der Waals surface area contributed by atoms with Crippen LogP contribution in [0.25, 0.3) is 0 Å². The second kappa shape index (κ2) is 6.35. The predicted octanol–water partition coefficient (Wildman–Crippen LogP) is 1.21. The maximum absolute atomic E-state index is 11.9. The van der Waals surface area contributed by atoms with Crippen molar-refractivity contribution in [1.29, 1.82) is 0 Å². The molecule has 1 aromatic rings. The van der Waals surface area contributed by atoms with Gasteiger partial charge in [-0.05, 0) is 31.2 Å². The highest BCUT2D eigenvalue weighted by Crippen LogP contribution is 2.17. The molecule has 1 saturated heterocycles. The molecule has 0 radical (unpaired) electrons. The van der Waals surface area contributed by atoms with E-state index in [1.807, 2.05) is 0 Å². The Kier molecular flexibility index (Phi) is 4.52. The van der Waals surface area contributed by atoms with Gasteiger partial charge in [0.25, 0.3) is 5.91 Å². The Morgan fingerprint density at radius 3 is 3.00 bits per heavy atom. The minimum absolute atomic E-state index is 0.146. The molecule has 5 nitrogen and oxygen atoms in total. The molecule has 2 heterocycles. The van der Waals surface area contributed by atoms with Crippen molar-refractivity contribution < 1.29 is 9.53 Å². The summed E-state index contributed by atoms with van der Waals surface area (Å²) in [5.41, 5.74) is 6.63. The van der Waals surface area contributed by atoms with Gasteiger partial charge >= 0.3 is 0 Å². The highest BCUT2D eigenvalue weighted by Gasteiger charge is 2.14. The van der Waals surface area contributed by atoms with E-state index >= 15 is 0 Å². The summed E-state index contributed by atoms with van der Waals surface area (Å²) in [5, 5.41) is 2.89. The minimum atomic E-state index is -0.146. The van der Waals surface area contributed by atoms with Crippen LogP contribution in [0.5, 0.6) is 0 Å². The van der Waals surface area contributed by atoms with Crippen molar-refractivity contribution >= 4 is 11.6 Å². The van der Waals surface area contributed by atoms with Crippen LogP contribution in [0.1, 0.15) is 29.6 Å². The van der Waals surface area contributed by atoms with Crippen molar-refractivity contribution in [3.8, 4) is 0 Å². The Morgan fingerprint density at radius 2 is 2.28 bits per heavy atom. The SMILES string of the molecule is Nc1ccncc1C(=O)NCCC1CCOCC1. The highest BCUT2D eigenvalue weighted by atomic mass is 16.5. The van der Waals surface area contributed by atoms with Gasteiger partial charge in [0.05, 0.1) is 5.56 Å². The number of hydrogen-bond acceptors (Lipinski definition) is 4. The van der Waals surface area contributed by atoms with Crippen LogP contribution >= 0.6 is 0 Å². The molecular formula is C13H19N3O2. The lowest BCUT2D eigenvalue weighted by molar-refractivity contribution is 0.0636. The Balaban J connectivity index is 1.76. The van der Waals surface area contributed by atoms with Gasteiger partial charge < -0.3 is 15.8 Å². The smallest absolute Gasteiger partial charge is 0.254 e. The van der Waals surface area contributed by atoms with Gasteiger partial charge in [-0.25, -0.2) is 0 Å². The molecule has 0 atom stereocenters. The van der Waals surface area contributed by atoms with E-state index < -0.39 is 0 Å². The summed E-state index contributed by atoms with van der Waals surface area (Å²) in [7, 11) is 0. The van der Waals surface area contributed by atoms with E-state index in [9.17, 15) is 4.79 Å². The van der Waals surface area contributed by atoms with Crippen LogP contribution in [0.3, 0.4) is 0 Å². The normalized spacial score (nSPS) is 16.4. The summed E-state index contributed by atoms with van der Waals surface area (Å²) in [6, 6.07) is 1.63. The number of nitrogens with zero attached hydrogens (tertiary/aromatic N) is 1. The van der Waals surface area contributed by atoms with E-state index in [1.165, 1.54) is 6.20 Å². The first-order valence-corrected chi connectivity index (χ1v) is 6.33. The molecule has 1 aliphatic heterocycles. The van der Waals surface area contributed by atoms with Crippen LogP contribution in [0.4, 0.5) is 5.69 Å². The van der Waals surface area contributed by atoms with Crippen molar-refractivity contribution in [3.05, 3.63) is 24.0 Å². The maximum atomic E-state index is 11.9. The molecule has 5 heteroatoms. The van der Waals surface area contributed by atoms with E-state index in [0.29, 0.717) is 23.7 Å². The van der Waals surface area contributed by atoms with E-state index in [0.717, 1.165) is 32.5 Å². The highest BCUT2D eigenvalue weighted by molar-refractivity contribution is 5.98. The molecular weight excluding hydrogens is 230 g/mol. The van der Waals surface area contributed by atoms with E-state index in [2.05, 4.69) is 10.3 Å². The zero-order chi connectivity index (χ0) is 12.8. The van der Waals surface area contributed by atoms with Crippen LogP contribution in [-0.4, -0.2) is 30.6 Å². The van der Waals surface area contributed by atoms with Crippen molar-refractivity contribution in [1.82, 2.24) is 10.3 Å². The van der Waals surface area contributed by atoms with Gasteiger partial charge in [0, 0.05) is 37.8 Å². The molecule has 0 aromatic carbocycles. The number of nitrogens with one attached hydrogen (secondary N) is 1.